The van der Waals surface area contributed by atoms with Gasteiger partial charge in [0.2, 0.25) is 5.16 Å². The number of benzene rings is 3. The van der Waals surface area contributed by atoms with Gasteiger partial charge in [-0.3, -0.25) is 4.79 Å². The highest BCUT2D eigenvalue weighted by atomic mass is 32.2. The minimum absolute atomic E-state index is 0.0892. The summed E-state index contributed by atoms with van der Waals surface area (Å²) in [6.45, 7) is 0. The Kier molecular flexibility index (Phi) is 5.57. The largest absolute Gasteiger partial charge is 0.272 e. The van der Waals surface area contributed by atoms with Crippen LogP contribution in [-0.4, -0.2) is 38.1 Å². The molecular weight excluding hydrogens is 391 g/mol. The fourth-order valence-electron chi connectivity index (χ4n) is 2.70. The highest BCUT2D eigenvalue weighted by Crippen LogP contribution is 2.25. The van der Waals surface area contributed by atoms with Gasteiger partial charge in [0.05, 0.1) is 17.7 Å². The lowest BCUT2D eigenvalue weighted by Gasteiger charge is -2.07. The topological polar surface area (TPSA) is 85.1 Å². The van der Waals surface area contributed by atoms with Crippen molar-refractivity contribution in [1.82, 2.24) is 25.6 Å². The lowest BCUT2D eigenvalue weighted by atomic mass is 10.1. The molecule has 0 bridgehead atoms. The molecule has 0 aliphatic rings. The van der Waals surface area contributed by atoms with Crippen molar-refractivity contribution in [2.45, 2.75) is 5.16 Å². The van der Waals surface area contributed by atoms with Crippen LogP contribution in [0.25, 0.3) is 16.5 Å². The second kappa shape index (κ2) is 8.61. The van der Waals surface area contributed by atoms with Crippen LogP contribution in [0.3, 0.4) is 0 Å². The second-order valence-corrected chi connectivity index (χ2v) is 6.95. The zero-order valence-electron chi connectivity index (χ0n) is 15.1. The highest BCUT2D eigenvalue weighted by molar-refractivity contribution is 7.99. The van der Waals surface area contributed by atoms with Crippen LogP contribution in [0.15, 0.2) is 77.0 Å². The van der Waals surface area contributed by atoms with Gasteiger partial charge in [0.25, 0.3) is 5.91 Å². The van der Waals surface area contributed by atoms with Gasteiger partial charge in [-0.1, -0.05) is 60.3 Å². The monoisotopic (exact) mass is 406 g/mol. The minimum Gasteiger partial charge on any atom is -0.272 e. The van der Waals surface area contributed by atoms with Gasteiger partial charge in [0, 0.05) is 5.39 Å². The lowest BCUT2D eigenvalue weighted by Crippen LogP contribution is -2.20. The van der Waals surface area contributed by atoms with Crippen LogP contribution in [0.4, 0.5) is 4.39 Å². The first kappa shape index (κ1) is 18.8. The molecule has 0 unspecified atom stereocenters. The van der Waals surface area contributed by atoms with E-state index in [1.54, 1.807) is 16.8 Å². The number of fused-ring (bicyclic) bond motifs is 1. The molecule has 1 aromatic heterocycles. The number of nitrogens with zero attached hydrogens (tertiary/aromatic N) is 5. The molecule has 7 nitrogen and oxygen atoms in total. The smallest absolute Gasteiger partial charge is 0.250 e. The Labute approximate surface area is 169 Å². The third kappa shape index (κ3) is 4.46. The molecule has 0 saturated carbocycles. The number of tetrazole rings is 1. The van der Waals surface area contributed by atoms with Crippen LogP contribution >= 0.6 is 11.8 Å². The quantitative estimate of drug-likeness (QED) is 0.302. The maximum atomic E-state index is 12.9. The average Bonchev–Trinajstić information content (AvgIpc) is 3.22. The van der Waals surface area contributed by atoms with Crippen molar-refractivity contribution in [2.24, 2.45) is 5.10 Å². The van der Waals surface area contributed by atoms with E-state index in [0.717, 1.165) is 16.5 Å². The molecule has 0 atom stereocenters. The van der Waals surface area contributed by atoms with Gasteiger partial charge in [0.1, 0.15) is 5.82 Å². The molecule has 1 N–H and O–H groups in total. The molecule has 3 aromatic carbocycles. The van der Waals surface area contributed by atoms with E-state index in [4.69, 9.17) is 0 Å². The van der Waals surface area contributed by atoms with Crippen LogP contribution in [-0.2, 0) is 4.79 Å². The van der Waals surface area contributed by atoms with Crippen LogP contribution in [0, 0.1) is 5.82 Å². The summed E-state index contributed by atoms with van der Waals surface area (Å²) in [5, 5.41) is 18.3. The molecule has 9 heteroatoms. The molecule has 0 fully saturated rings. The Morgan fingerprint density at radius 1 is 1.10 bits per heavy atom. The molecule has 0 radical (unpaired) electrons. The summed E-state index contributed by atoms with van der Waals surface area (Å²) in [6.07, 6.45) is 1.45. The number of amides is 1. The fraction of sp³-hybridized carbons (Fsp3) is 0.0500. The normalized spacial score (nSPS) is 11.2. The van der Waals surface area contributed by atoms with E-state index in [-0.39, 0.29) is 17.5 Å². The Balaban J connectivity index is 1.41. The van der Waals surface area contributed by atoms with E-state index in [1.165, 1.54) is 30.1 Å². The molecule has 0 aliphatic carbocycles. The molecule has 144 valence electrons. The Morgan fingerprint density at radius 2 is 1.90 bits per heavy atom. The van der Waals surface area contributed by atoms with E-state index in [9.17, 15) is 9.18 Å². The van der Waals surface area contributed by atoms with Crippen molar-refractivity contribution >= 4 is 34.7 Å². The molecule has 4 rings (SSSR count). The van der Waals surface area contributed by atoms with Crippen molar-refractivity contribution in [1.29, 1.82) is 0 Å². The van der Waals surface area contributed by atoms with Gasteiger partial charge in [-0.05, 0) is 39.6 Å². The zero-order chi connectivity index (χ0) is 20.1. The number of nitrogens with one attached hydrogen (secondary N) is 1. The summed E-state index contributed by atoms with van der Waals surface area (Å²) < 4.78 is 14.5. The zero-order valence-corrected chi connectivity index (χ0v) is 15.9. The van der Waals surface area contributed by atoms with Crippen molar-refractivity contribution in [2.75, 3.05) is 5.75 Å². The van der Waals surface area contributed by atoms with Crippen LogP contribution in [0.2, 0.25) is 0 Å². The number of aromatic nitrogens is 4. The number of carbonyl (C=O) groups is 1. The lowest BCUT2D eigenvalue weighted by molar-refractivity contribution is -0.118. The number of carbonyl (C=O) groups excluding carboxylic acids is 1. The average molecular weight is 406 g/mol. The van der Waals surface area contributed by atoms with E-state index >= 15 is 0 Å². The van der Waals surface area contributed by atoms with Crippen LogP contribution < -0.4 is 5.43 Å². The molecule has 0 spiro atoms. The molecule has 1 heterocycles. The van der Waals surface area contributed by atoms with Crippen molar-refractivity contribution in [3.05, 3.63) is 78.1 Å². The predicted molar refractivity (Wildman–Crippen MR) is 110 cm³/mol. The first-order valence-corrected chi connectivity index (χ1v) is 9.66. The van der Waals surface area contributed by atoms with Gasteiger partial charge in [-0.15, -0.1) is 5.10 Å². The van der Waals surface area contributed by atoms with E-state index in [0.29, 0.717) is 10.7 Å². The van der Waals surface area contributed by atoms with E-state index in [1.807, 2.05) is 42.5 Å². The highest BCUT2D eigenvalue weighted by Gasteiger charge is 2.13. The Hall–Kier alpha value is -3.59. The Bertz CT molecular complexity index is 1170. The maximum absolute atomic E-state index is 12.9. The molecule has 0 aliphatic heterocycles. The van der Waals surface area contributed by atoms with Crippen molar-refractivity contribution in [3.63, 3.8) is 0 Å². The van der Waals surface area contributed by atoms with Crippen LogP contribution in [0.5, 0.6) is 0 Å². The first-order chi connectivity index (χ1) is 14.2. The molecule has 1 amide bonds. The molecular formula is C20H15FN6OS. The number of hydrazone groups is 1. The third-order valence-corrected chi connectivity index (χ3v) is 4.96. The predicted octanol–water partition coefficient (Wildman–Crippen LogP) is 3.20. The SMILES string of the molecule is O=C(CSc1nnnn1-c1cccc2ccccc12)NN=Cc1ccc(F)cc1. The van der Waals surface area contributed by atoms with Gasteiger partial charge >= 0.3 is 0 Å². The van der Waals surface area contributed by atoms with Crippen LogP contribution in [0.1, 0.15) is 5.56 Å². The maximum Gasteiger partial charge on any atom is 0.250 e. The number of hydrogen-bond acceptors (Lipinski definition) is 6. The number of rotatable bonds is 6. The number of halogens is 1. The number of hydrogen-bond donors (Lipinski definition) is 1. The summed E-state index contributed by atoms with van der Waals surface area (Å²) in [5.74, 6) is -0.543. The van der Waals surface area contributed by atoms with Crippen molar-refractivity contribution < 1.29 is 9.18 Å². The van der Waals surface area contributed by atoms with E-state index in [2.05, 4.69) is 26.1 Å². The van der Waals surface area contributed by atoms with Crippen molar-refractivity contribution in [3.8, 4) is 5.69 Å². The minimum atomic E-state index is -0.327. The molecule has 29 heavy (non-hydrogen) atoms. The van der Waals surface area contributed by atoms with Gasteiger partial charge in [-0.2, -0.15) is 9.78 Å². The number of thioether (sulfide) groups is 1. The second-order valence-electron chi connectivity index (χ2n) is 6.00. The third-order valence-electron chi connectivity index (χ3n) is 4.04. The summed E-state index contributed by atoms with van der Waals surface area (Å²) in [6, 6.07) is 19.6. The summed E-state index contributed by atoms with van der Waals surface area (Å²) in [4.78, 5) is 12.1. The Morgan fingerprint density at radius 3 is 2.76 bits per heavy atom. The fourth-order valence-corrected chi connectivity index (χ4v) is 3.38. The van der Waals surface area contributed by atoms with Gasteiger partial charge in [-0.25, -0.2) is 9.82 Å². The van der Waals surface area contributed by atoms with Gasteiger partial charge < -0.3 is 0 Å². The summed E-state index contributed by atoms with van der Waals surface area (Å²) in [5.41, 5.74) is 3.95. The molecule has 4 aromatic rings. The molecule has 0 saturated heterocycles. The first-order valence-electron chi connectivity index (χ1n) is 8.67. The van der Waals surface area contributed by atoms with E-state index < -0.39 is 0 Å². The standard InChI is InChI=1S/C20H15FN6OS/c21-16-10-8-14(9-11-16)12-22-23-19(28)13-29-20-24-25-26-27(20)18-7-3-5-15-4-1-2-6-17(15)18/h1-12H,13H2,(H,23,28). The summed E-state index contributed by atoms with van der Waals surface area (Å²) >= 11 is 1.20. The summed E-state index contributed by atoms with van der Waals surface area (Å²) in [7, 11) is 0. The van der Waals surface area contributed by atoms with Gasteiger partial charge in [0.15, 0.2) is 0 Å².